The zero-order chi connectivity index (χ0) is 12.5. The number of carbonyl (C=O) groups excluding carboxylic acids is 1. The molecule has 6 nitrogen and oxygen atoms in total. The second-order valence-electron chi connectivity index (χ2n) is 4.01. The molecule has 2 rings (SSSR count). The Morgan fingerprint density at radius 1 is 1.53 bits per heavy atom. The first-order valence-corrected chi connectivity index (χ1v) is 6.86. The molecule has 3 N–H and O–H groups in total. The Morgan fingerprint density at radius 3 is 2.82 bits per heavy atom. The van der Waals surface area contributed by atoms with E-state index < -0.39 is 21.5 Å². The van der Waals surface area contributed by atoms with Gasteiger partial charge in [-0.3, -0.25) is 9.78 Å². The van der Waals surface area contributed by atoms with Crippen molar-refractivity contribution in [1.82, 2.24) is 10.3 Å². The number of amides is 1. The summed E-state index contributed by atoms with van der Waals surface area (Å²) in [7, 11) is -3.69. The van der Waals surface area contributed by atoms with E-state index in [0.717, 1.165) is 12.8 Å². The van der Waals surface area contributed by atoms with E-state index in [1.165, 1.54) is 18.5 Å². The van der Waals surface area contributed by atoms with Crippen molar-refractivity contribution in [3.05, 3.63) is 18.5 Å². The summed E-state index contributed by atoms with van der Waals surface area (Å²) in [5.41, 5.74) is 5.58. The van der Waals surface area contributed by atoms with Crippen LogP contribution in [0, 0.1) is 0 Å². The summed E-state index contributed by atoms with van der Waals surface area (Å²) in [5.74, 6) is -1.05. The number of anilines is 1. The Kier molecular flexibility index (Phi) is 3.01. The predicted molar refractivity (Wildman–Crippen MR) is 61.9 cm³/mol. The number of nitrogens with two attached hydrogens (primary N) is 1. The van der Waals surface area contributed by atoms with E-state index >= 15 is 0 Å². The van der Waals surface area contributed by atoms with Crippen molar-refractivity contribution in [1.29, 1.82) is 0 Å². The molecule has 0 atom stereocenters. The van der Waals surface area contributed by atoms with Crippen LogP contribution in [0.15, 0.2) is 23.4 Å². The Balaban J connectivity index is 2.13. The number of hydrogen-bond donors (Lipinski definition) is 2. The summed E-state index contributed by atoms with van der Waals surface area (Å²) in [5, 5.41) is 2.62. The summed E-state index contributed by atoms with van der Waals surface area (Å²) in [6.45, 7) is 0. The minimum Gasteiger partial charge on any atom is -0.396 e. The molecular weight excluding hydrogens is 242 g/mol. The number of pyridine rings is 1. The average Bonchev–Trinajstić information content (AvgIpc) is 3.00. The minimum absolute atomic E-state index is 0.0431. The first-order chi connectivity index (χ1) is 7.99. The summed E-state index contributed by atoms with van der Waals surface area (Å²) in [6, 6.07) is 1.45. The molecule has 1 amide bonds. The van der Waals surface area contributed by atoms with Crippen molar-refractivity contribution in [2.24, 2.45) is 0 Å². The molecule has 1 aliphatic rings. The number of sulfone groups is 1. The highest BCUT2D eigenvalue weighted by Gasteiger charge is 2.27. The topological polar surface area (TPSA) is 102 Å². The first-order valence-electron chi connectivity index (χ1n) is 5.20. The Labute approximate surface area is 99.1 Å². The van der Waals surface area contributed by atoms with Crippen molar-refractivity contribution in [2.75, 3.05) is 11.5 Å². The number of nitrogens with one attached hydrogen (secondary N) is 1. The summed E-state index contributed by atoms with van der Waals surface area (Å²) in [4.78, 5) is 15.1. The monoisotopic (exact) mass is 255 g/mol. The van der Waals surface area contributed by atoms with E-state index in [2.05, 4.69) is 10.3 Å². The van der Waals surface area contributed by atoms with Gasteiger partial charge in [0.2, 0.25) is 5.91 Å². The van der Waals surface area contributed by atoms with E-state index in [0.29, 0.717) is 0 Å². The average molecular weight is 255 g/mol. The second-order valence-corrected chi connectivity index (χ2v) is 5.97. The Hall–Kier alpha value is -1.63. The van der Waals surface area contributed by atoms with Gasteiger partial charge >= 0.3 is 0 Å². The minimum atomic E-state index is -3.69. The van der Waals surface area contributed by atoms with Gasteiger partial charge in [-0.15, -0.1) is 0 Å². The molecule has 1 aromatic rings. The third kappa shape index (κ3) is 2.94. The predicted octanol–water partition coefficient (Wildman–Crippen LogP) is -0.284. The van der Waals surface area contributed by atoms with Gasteiger partial charge in [-0.25, -0.2) is 8.42 Å². The fraction of sp³-hybridized carbons (Fsp3) is 0.400. The van der Waals surface area contributed by atoms with Crippen molar-refractivity contribution < 1.29 is 13.2 Å². The molecule has 0 radical (unpaired) electrons. The van der Waals surface area contributed by atoms with Gasteiger partial charge in [-0.1, -0.05) is 0 Å². The molecule has 0 bridgehead atoms. The lowest BCUT2D eigenvalue weighted by molar-refractivity contribution is -0.118. The zero-order valence-corrected chi connectivity index (χ0v) is 9.90. The van der Waals surface area contributed by atoms with Gasteiger partial charge in [-0.2, -0.15) is 0 Å². The molecule has 92 valence electrons. The normalized spacial score (nSPS) is 15.5. The smallest absolute Gasteiger partial charge is 0.235 e. The fourth-order valence-electron chi connectivity index (χ4n) is 1.42. The van der Waals surface area contributed by atoms with E-state index in [-0.39, 0.29) is 16.6 Å². The van der Waals surface area contributed by atoms with Gasteiger partial charge in [0.05, 0.1) is 16.8 Å². The van der Waals surface area contributed by atoms with Crippen molar-refractivity contribution in [3.8, 4) is 0 Å². The highest BCUT2D eigenvalue weighted by Crippen LogP contribution is 2.20. The molecule has 1 fully saturated rings. The van der Waals surface area contributed by atoms with Crippen molar-refractivity contribution in [3.63, 3.8) is 0 Å². The zero-order valence-electron chi connectivity index (χ0n) is 9.09. The molecule has 1 saturated carbocycles. The first kappa shape index (κ1) is 11.8. The van der Waals surface area contributed by atoms with E-state index in [9.17, 15) is 13.2 Å². The van der Waals surface area contributed by atoms with Crippen molar-refractivity contribution >= 4 is 21.4 Å². The third-order valence-electron chi connectivity index (χ3n) is 2.41. The van der Waals surface area contributed by atoms with Crippen LogP contribution in [0.2, 0.25) is 0 Å². The quantitative estimate of drug-likeness (QED) is 0.770. The van der Waals surface area contributed by atoms with Crippen molar-refractivity contribution in [2.45, 2.75) is 23.8 Å². The van der Waals surface area contributed by atoms with Crippen LogP contribution in [0.25, 0.3) is 0 Å². The molecule has 0 aromatic carbocycles. The SMILES string of the molecule is Nc1cnccc1S(=O)(=O)CC(=O)NC1CC1. The standard InChI is InChI=1S/C10H13N3O3S/c11-8-5-12-4-3-9(8)17(15,16)6-10(14)13-7-1-2-7/h3-5,7H,1-2,6,11H2,(H,13,14). The summed E-state index contributed by atoms with van der Waals surface area (Å²) in [6.07, 6.45) is 4.43. The molecule has 0 saturated heterocycles. The maximum Gasteiger partial charge on any atom is 0.235 e. The number of nitrogen functional groups attached to an aromatic ring is 1. The van der Waals surface area contributed by atoms with Crippen LogP contribution in [0.3, 0.4) is 0 Å². The molecule has 17 heavy (non-hydrogen) atoms. The van der Waals surface area contributed by atoms with Gasteiger partial charge < -0.3 is 11.1 Å². The highest BCUT2D eigenvalue weighted by molar-refractivity contribution is 7.92. The fourth-order valence-corrected chi connectivity index (χ4v) is 2.69. The number of nitrogens with zero attached hydrogens (tertiary/aromatic N) is 1. The van der Waals surface area contributed by atoms with Crippen LogP contribution in [-0.4, -0.2) is 31.1 Å². The van der Waals surface area contributed by atoms with Crippen LogP contribution in [0.4, 0.5) is 5.69 Å². The molecule has 0 unspecified atom stereocenters. The second kappa shape index (κ2) is 4.33. The molecule has 1 heterocycles. The molecule has 1 aromatic heterocycles. The number of carbonyl (C=O) groups is 1. The van der Waals surface area contributed by atoms with Gasteiger partial charge in [0, 0.05) is 12.2 Å². The van der Waals surface area contributed by atoms with E-state index in [1.807, 2.05) is 0 Å². The van der Waals surface area contributed by atoms with Gasteiger partial charge in [0.25, 0.3) is 0 Å². The molecule has 1 aliphatic carbocycles. The van der Waals surface area contributed by atoms with Gasteiger partial charge in [0.1, 0.15) is 5.75 Å². The molecular formula is C10H13N3O3S. The maximum atomic E-state index is 11.9. The largest absolute Gasteiger partial charge is 0.396 e. The number of aromatic nitrogens is 1. The lowest BCUT2D eigenvalue weighted by atomic mass is 10.4. The highest BCUT2D eigenvalue weighted by atomic mass is 32.2. The van der Waals surface area contributed by atoms with Gasteiger partial charge in [-0.05, 0) is 18.9 Å². The lowest BCUT2D eigenvalue weighted by Crippen LogP contribution is -2.32. The maximum absolute atomic E-state index is 11.9. The van der Waals surface area contributed by atoms with E-state index in [4.69, 9.17) is 5.73 Å². The van der Waals surface area contributed by atoms with Crippen LogP contribution in [0.1, 0.15) is 12.8 Å². The number of rotatable bonds is 4. The van der Waals surface area contributed by atoms with E-state index in [1.54, 1.807) is 0 Å². The Morgan fingerprint density at radius 2 is 2.24 bits per heavy atom. The van der Waals surface area contributed by atoms with Crippen LogP contribution < -0.4 is 11.1 Å². The molecule has 0 spiro atoms. The molecule has 0 aliphatic heterocycles. The summed E-state index contributed by atoms with van der Waals surface area (Å²) < 4.78 is 23.8. The van der Waals surface area contributed by atoms with Crippen LogP contribution in [0.5, 0.6) is 0 Å². The Bertz CT molecular complexity index is 537. The molecule has 7 heteroatoms. The van der Waals surface area contributed by atoms with Crippen LogP contribution >= 0.6 is 0 Å². The lowest BCUT2D eigenvalue weighted by Gasteiger charge is -2.07. The number of hydrogen-bond acceptors (Lipinski definition) is 5. The van der Waals surface area contributed by atoms with Crippen LogP contribution in [-0.2, 0) is 14.6 Å². The summed E-state index contributed by atoms with van der Waals surface area (Å²) >= 11 is 0. The third-order valence-corrected chi connectivity index (χ3v) is 4.09. The van der Waals surface area contributed by atoms with Gasteiger partial charge in [0.15, 0.2) is 9.84 Å².